The van der Waals surface area contributed by atoms with Gasteiger partial charge in [-0.25, -0.2) is 9.59 Å². The fourth-order valence-corrected chi connectivity index (χ4v) is 3.97. The van der Waals surface area contributed by atoms with Crippen molar-refractivity contribution >= 4 is 30.3 Å². The third-order valence-electron chi connectivity index (χ3n) is 2.04. The molecule has 2 amide bonds. The Bertz CT molecular complexity index is 292. The fraction of sp³-hybridized carbons (Fsp3) is 0.800. The molecule has 0 rings (SSSR count). The zero-order valence-electron chi connectivity index (χ0n) is 11.5. The Morgan fingerprint density at radius 3 is 1.78 bits per heavy atom. The number of carbonyl (C=O) groups is 2. The Hall–Kier alpha value is -1.03. The number of azo groups is 1. The molecule has 0 fully saturated rings. The third-order valence-corrected chi connectivity index (χ3v) is 5.69. The normalized spacial score (nSPS) is 11.2. The fourth-order valence-electron chi connectivity index (χ4n) is 1.38. The molecule has 0 aliphatic heterocycles. The average Bonchev–Trinajstić information content (AvgIpc) is 2.26. The van der Waals surface area contributed by atoms with E-state index < -0.39 is 30.3 Å². The van der Waals surface area contributed by atoms with Gasteiger partial charge in [0.25, 0.3) is 0 Å². The zero-order chi connectivity index (χ0) is 14.0. The minimum atomic E-state index is -1.53. The summed E-state index contributed by atoms with van der Waals surface area (Å²) in [6, 6.07) is 1.86. The summed E-state index contributed by atoms with van der Waals surface area (Å²) in [5.41, 5.74) is 0. The van der Waals surface area contributed by atoms with Crippen LogP contribution in [0.25, 0.3) is 0 Å². The van der Waals surface area contributed by atoms with Crippen LogP contribution in [0, 0.1) is 0 Å². The average molecular weight is 290 g/mol. The molecule has 0 aliphatic rings. The number of amides is 2. The largest absolute Gasteiger partial charge is 0.504 e. The van der Waals surface area contributed by atoms with E-state index in [0.29, 0.717) is 0 Å². The van der Waals surface area contributed by atoms with Gasteiger partial charge in [-0.2, -0.15) is 0 Å². The van der Waals surface area contributed by atoms with Crippen molar-refractivity contribution in [2.75, 3.05) is 0 Å². The summed E-state index contributed by atoms with van der Waals surface area (Å²) < 4.78 is 10.1. The van der Waals surface area contributed by atoms with Gasteiger partial charge in [-0.3, -0.25) is 0 Å². The number of hydrogen-bond donors (Lipinski definition) is 0. The maximum absolute atomic E-state index is 11.3. The van der Waals surface area contributed by atoms with E-state index in [1.54, 1.807) is 0 Å². The van der Waals surface area contributed by atoms with Crippen molar-refractivity contribution in [3.05, 3.63) is 0 Å². The second-order valence-corrected chi connectivity index (χ2v) is 9.18. The molecular weight excluding hydrogens is 268 g/mol. The molecule has 0 saturated carbocycles. The Balaban J connectivity index is 4.14. The van der Waals surface area contributed by atoms with Gasteiger partial charge in [-0.05, 0) is 25.2 Å². The van der Waals surface area contributed by atoms with Crippen LogP contribution in [-0.2, 0) is 8.85 Å². The molecule has 0 unspecified atom stereocenters. The quantitative estimate of drug-likeness (QED) is 0.556. The molecule has 0 aliphatic carbocycles. The SMILES string of the molecule is CCC[SiH](CCC)OC(=O)N=NC(=O)O[SiH](C)C. The Labute approximate surface area is 111 Å². The van der Waals surface area contributed by atoms with Crippen molar-refractivity contribution in [2.24, 2.45) is 10.2 Å². The molecule has 0 heterocycles. The summed E-state index contributed by atoms with van der Waals surface area (Å²) in [6.07, 6.45) is 0.402. The lowest BCUT2D eigenvalue weighted by molar-refractivity contribution is 0.200. The van der Waals surface area contributed by atoms with Crippen LogP contribution in [0.2, 0.25) is 25.2 Å². The first-order valence-electron chi connectivity index (χ1n) is 6.32. The molecule has 0 radical (unpaired) electrons. The molecule has 0 aromatic carbocycles. The molecule has 0 saturated heterocycles. The predicted octanol–water partition coefficient (Wildman–Crippen LogP) is 3.24. The van der Waals surface area contributed by atoms with Crippen LogP contribution < -0.4 is 0 Å². The van der Waals surface area contributed by atoms with E-state index in [4.69, 9.17) is 8.85 Å². The second-order valence-electron chi connectivity index (χ2n) is 4.22. The topological polar surface area (TPSA) is 77.3 Å². The Morgan fingerprint density at radius 2 is 1.39 bits per heavy atom. The maximum atomic E-state index is 11.3. The second kappa shape index (κ2) is 9.95. The molecule has 0 atom stereocenters. The van der Waals surface area contributed by atoms with Crippen molar-refractivity contribution in [3.63, 3.8) is 0 Å². The number of carbonyl (C=O) groups excluding carboxylic acids is 2. The lowest BCUT2D eigenvalue weighted by atomic mass is 10.6. The summed E-state index contributed by atoms with van der Waals surface area (Å²) >= 11 is 0. The number of hydrogen-bond acceptors (Lipinski definition) is 4. The van der Waals surface area contributed by atoms with Crippen LogP contribution in [0.4, 0.5) is 9.59 Å². The Morgan fingerprint density at radius 1 is 0.944 bits per heavy atom. The molecule has 8 heteroatoms. The van der Waals surface area contributed by atoms with Gasteiger partial charge in [0.2, 0.25) is 18.1 Å². The van der Waals surface area contributed by atoms with Crippen LogP contribution in [0.3, 0.4) is 0 Å². The summed E-state index contributed by atoms with van der Waals surface area (Å²) in [5, 5.41) is 6.41. The van der Waals surface area contributed by atoms with Gasteiger partial charge < -0.3 is 8.85 Å². The first kappa shape index (κ1) is 17.0. The van der Waals surface area contributed by atoms with Crippen molar-refractivity contribution in [3.8, 4) is 0 Å². The third kappa shape index (κ3) is 9.05. The van der Waals surface area contributed by atoms with Crippen molar-refractivity contribution in [1.29, 1.82) is 0 Å². The minimum Gasteiger partial charge on any atom is -0.504 e. The molecule has 0 N–H and O–H groups in total. The summed E-state index contributed by atoms with van der Waals surface area (Å²) in [6.45, 7) is 7.76. The van der Waals surface area contributed by atoms with Crippen LogP contribution in [0.1, 0.15) is 26.7 Å². The van der Waals surface area contributed by atoms with Gasteiger partial charge in [-0.15, -0.1) is 0 Å². The standard InChI is InChI=1S/C10H22N2O4Si2/c1-5-7-18(8-6-2)16-10(14)12-11-9(13)15-17(3)4/h17-18H,5-8H2,1-4H3. The van der Waals surface area contributed by atoms with Gasteiger partial charge in [0.05, 0.1) is 0 Å². The zero-order valence-corrected chi connectivity index (χ0v) is 13.8. The Kier molecular flexibility index (Phi) is 9.38. The van der Waals surface area contributed by atoms with E-state index in [-0.39, 0.29) is 0 Å². The lowest BCUT2D eigenvalue weighted by Gasteiger charge is -2.12. The number of nitrogens with zero attached hydrogens (tertiary/aromatic N) is 2. The van der Waals surface area contributed by atoms with Gasteiger partial charge >= 0.3 is 12.2 Å². The van der Waals surface area contributed by atoms with E-state index in [1.165, 1.54) is 0 Å². The minimum absolute atomic E-state index is 0.768. The van der Waals surface area contributed by atoms with Crippen molar-refractivity contribution < 1.29 is 18.4 Å². The van der Waals surface area contributed by atoms with E-state index in [9.17, 15) is 9.59 Å². The molecular formula is C10H22N2O4Si2. The highest BCUT2D eigenvalue weighted by atomic mass is 28.3. The van der Waals surface area contributed by atoms with Gasteiger partial charge in [-0.1, -0.05) is 36.9 Å². The summed E-state index contributed by atoms with van der Waals surface area (Å²) in [5.74, 6) is 0. The lowest BCUT2D eigenvalue weighted by Crippen LogP contribution is -2.20. The van der Waals surface area contributed by atoms with E-state index in [2.05, 4.69) is 24.1 Å². The van der Waals surface area contributed by atoms with Gasteiger partial charge in [0.15, 0.2) is 0 Å². The predicted molar refractivity (Wildman–Crippen MR) is 74.0 cm³/mol. The van der Waals surface area contributed by atoms with E-state index in [0.717, 1.165) is 24.9 Å². The van der Waals surface area contributed by atoms with Crippen molar-refractivity contribution in [2.45, 2.75) is 51.9 Å². The molecule has 6 nitrogen and oxygen atoms in total. The van der Waals surface area contributed by atoms with Crippen LogP contribution in [0.5, 0.6) is 0 Å². The van der Waals surface area contributed by atoms with E-state index >= 15 is 0 Å². The molecule has 0 aromatic heterocycles. The number of rotatable bonds is 6. The van der Waals surface area contributed by atoms with Crippen LogP contribution >= 0.6 is 0 Å². The van der Waals surface area contributed by atoms with Gasteiger partial charge in [0, 0.05) is 0 Å². The van der Waals surface area contributed by atoms with Crippen LogP contribution in [0.15, 0.2) is 10.2 Å². The molecule has 0 bridgehead atoms. The maximum Gasteiger partial charge on any atom is 0.438 e. The highest BCUT2D eigenvalue weighted by molar-refractivity contribution is 6.53. The summed E-state index contributed by atoms with van der Waals surface area (Å²) in [7, 11) is -3.02. The van der Waals surface area contributed by atoms with Gasteiger partial charge in [0.1, 0.15) is 0 Å². The van der Waals surface area contributed by atoms with Crippen LogP contribution in [-0.4, -0.2) is 30.3 Å². The van der Waals surface area contributed by atoms with Crippen molar-refractivity contribution in [1.82, 2.24) is 0 Å². The first-order valence-corrected chi connectivity index (χ1v) is 11.2. The first-order chi connectivity index (χ1) is 8.49. The monoisotopic (exact) mass is 290 g/mol. The molecule has 0 spiro atoms. The smallest absolute Gasteiger partial charge is 0.438 e. The molecule has 0 aromatic rings. The summed E-state index contributed by atoms with van der Waals surface area (Å²) in [4.78, 5) is 22.4. The highest BCUT2D eigenvalue weighted by Crippen LogP contribution is 2.08. The van der Waals surface area contributed by atoms with E-state index in [1.807, 2.05) is 13.1 Å². The highest BCUT2D eigenvalue weighted by Gasteiger charge is 2.15. The molecule has 18 heavy (non-hydrogen) atoms. The molecule has 104 valence electrons.